The highest BCUT2D eigenvalue weighted by Crippen LogP contribution is 2.40. The number of amides is 1. The highest BCUT2D eigenvalue weighted by Gasteiger charge is 2.43. The van der Waals surface area contributed by atoms with Crippen LogP contribution in [-0.2, 0) is 10.2 Å². The van der Waals surface area contributed by atoms with Gasteiger partial charge in [0.25, 0.3) is 0 Å². The number of phenolic OH excluding ortho intramolecular Hbond substituents is 1. The SMILES string of the molecule is CC(C)(CCC(C(N)=O)(c1ccccc1)c1ccccc1)N1CCC(Oc2cccc(O)c2)C1. The largest absolute Gasteiger partial charge is 0.508 e. The molecule has 34 heavy (non-hydrogen) atoms. The van der Waals surface area contributed by atoms with E-state index in [0.717, 1.165) is 37.1 Å². The molecule has 1 unspecified atom stereocenters. The van der Waals surface area contributed by atoms with E-state index in [1.54, 1.807) is 18.2 Å². The van der Waals surface area contributed by atoms with E-state index < -0.39 is 5.41 Å². The van der Waals surface area contributed by atoms with Gasteiger partial charge in [-0.05, 0) is 56.4 Å². The Kier molecular flexibility index (Phi) is 6.94. The van der Waals surface area contributed by atoms with Crippen LogP contribution in [-0.4, -0.2) is 40.6 Å². The summed E-state index contributed by atoms with van der Waals surface area (Å²) in [7, 11) is 0. The second kappa shape index (κ2) is 9.90. The standard InChI is InChI=1S/C29H34N2O3/c1-28(2,31-19-16-26(21-31)34-25-15-9-14-24(32)20-25)17-18-29(27(30)33,22-10-5-3-6-11-22)23-12-7-4-8-13-23/h3-15,20,26,32H,16-19,21H2,1-2H3,(H2,30,33). The Bertz CT molecular complexity index is 1060. The van der Waals surface area contributed by atoms with Crippen LogP contribution in [0.3, 0.4) is 0 Å². The van der Waals surface area contributed by atoms with E-state index in [2.05, 4.69) is 18.7 Å². The highest BCUT2D eigenvalue weighted by atomic mass is 16.5. The Morgan fingerprint density at radius 2 is 1.59 bits per heavy atom. The molecule has 178 valence electrons. The second-order valence-corrected chi connectivity index (χ2v) is 9.79. The minimum absolute atomic E-state index is 0.0604. The molecular weight excluding hydrogens is 424 g/mol. The van der Waals surface area contributed by atoms with E-state index in [4.69, 9.17) is 10.5 Å². The summed E-state index contributed by atoms with van der Waals surface area (Å²) in [5, 5.41) is 9.72. The van der Waals surface area contributed by atoms with Crippen LogP contribution in [0.25, 0.3) is 0 Å². The molecule has 0 aromatic heterocycles. The van der Waals surface area contributed by atoms with Crippen molar-refractivity contribution in [1.29, 1.82) is 0 Å². The molecule has 1 atom stereocenters. The Labute approximate surface area is 202 Å². The average molecular weight is 459 g/mol. The molecule has 3 aromatic rings. The molecular formula is C29H34N2O3. The van der Waals surface area contributed by atoms with Gasteiger partial charge >= 0.3 is 0 Å². The normalized spacial score (nSPS) is 16.9. The summed E-state index contributed by atoms with van der Waals surface area (Å²) < 4.78 is 6.13. The molecule has 3 aromatic carbocycles. The maximum absolute atomic E-state index is 13.1. The Balaban J connectivity index is 1.52. The lowest BCUT2D eigenvalue weighted by Crippen LogP contribution is -2.47. The first kappa shape index (κ1) is 23.8. The van der Waals surface area contributed by atoms with Crippen molar-refractivity contribution in [2.24, 2.45) is 5.73 Å². The summed E-state index contributed by atoms with van der Waals surface area (Å²) in [4.78, 5) is 15.5. The van der Waals surface area contributed by atoms with Crippen molar-refractivity contribution in [1.82, 2.24) is 4.90 Å². The van der Waals surface area contributed by atoms with Crippen LogP contribution in [0.15, 0.2) is 84.9 Å². The Morgan fingerprint density at radius 3 is 2.15 bits per heavy atom. The first-order valence-corrected chi connectivity index (χ1v) is 11.9. The number of ether oxygens (including phenoxy) is 1. The number of nitrogens with zero attached hydrogens (tertiary/aromatic N) is 1. The van der Waals surface area contributed by atoms with Gasteiger partial charge in [0.1, 0.15) is 17.6 Å². The molecule has 1 aliphatic heterocycles. The summed E-state index contributed by atoms with van der Waals surface area (Å²) in [6.45, 7) is 6.16. The lowest BCUT2D eigenvalue weighted by atomic mass is 9.69. The predicted octanol–water partition coefficient (Wildman–Crippen LogP) is 4.88. The Morgan fingerprint density at radius 1 is 0.971 bits per heavy atom. The van der Waals surface area contributed by atoms with Gasteiger partial charge in [-0.3, -0.25) is 9.69 Å². The molecule has 1 fully saturated rings. The third-order valence-corrected chi connectivity index (χ3v) is 7.19. The quantitative estimate of drug-likeness (QED) is 0.479. The molecule has 1 saturated heterocycles. The van der Waals surface area contributed by atoms with Crippen LogP contribution in [0, 0.1) is 0 Å². The number of nitrogens with two attached hydrogens (primary N) is 1. The van der Waals surface area contributed by atoms with Gasteiger partial charge in [-0.25, -0.2) is 0 Å². The first-order valence-electron chi connectivity index (χ1n) is 11.9. The molecule has 3 N–H and O–H groups in total. The van der Waals surface area contributed by atoms with Gasteiger partial charge in [0.15, 0.2) is 0 Å². The van der Waals surface area contributed by atoms with Crippen LogP contribution in [0.4, 0.5) is 0 Å². The molecule has 0 bridgehead atoms. The second-order valence-electron chi connectivity index (χ2n) is 9.79. The van der Waals surface area contributed by atoms with E-state index in [9.17, 15) is 9.90 Å². The fourth-order valence-electron chi connectivity index (χ4n) is 5.08. The summed E-state index contributed by atoms with van der Waals surface area (Å²) in [6.07, 6.45) is 2.37. The predicted molar refractivity (Wildman–Crippen MR) is 135 cm³/mol. The average Bonchev–Trinajstić information content (AvgIpc) is 3.30. The van der Waals surface area contributed by atoms with E-state index in [1.165, 1.54) is 0 Å². The van der Waals surface area contributed by atoms with Crippen molar-refractivity contribution in [3.8, 4) is 11.5 Å². The molecule has 4 rings (SSSR count). The molecule has 1 heterocycles. The van der Waals surface area contributed by atoms with Crippen molar-refractivity contribution >= 4 is 5.91 Å². The van der Waals surface area contributed by atoms with Crippen molar-refractivity contribution in [3.63, 3.8) is 0 Å². The van der Waals surface area contributed by atoms with Crippen molar-refractivity contribution < 1.29 is 14.6 Å². The monoisotopic (exact) mass is 458 g/mol. The number of carbonyl (C=O) groups excluding carboxylic acids is 1. The smallest absolute Gasteiger partial charge is 0.232 e. The molecule has 0 aliphatic carbocycles. The third kappa shape index (κ3) is 4.95. The van der Waals surface area contributed by atoms with E-state index in [-0.39, 0.29) is 23.3 Å². The van der Waals surface area contributed by atoms with E-state index in [0.29, 0.717) is 12.2 Å². The van der Waals surface area contributed by atoms with Crippen LogP contribution in [0.2, 0.25) is 0 Å². The number of primary amides is 1. The summed E-state index contributed by atoms with van der Waals surface area (Å²) >= 11 is 0. The van der Waals surface area contributed by atoms with Crippen molar-refractivity contribution in [2.45, 2.75) is 50.2 Å². The fourth-order valence-corrected chi connectivity index (χ4v) is 5.08. The summed E-state index contributed by atoms with van der Waals surface area (Å²) in [6, 6.07) is 26.7. The number of rotatable bonds is 9. The number of carbonyl (C=O) groups is 1. The van der Waals surface area contributed by atoms with Crippen molar-refractivity contribution in [3.05, 3.63) is 96.1 Å². The van der Waals surface area contributed by atoms with Gasteiger partial charge in [-0.2, -0.15) is 0 Å². The summed E-state index contributed by atoms with van der Waals surface area (Å²) in [5.41, 5.74) is 6.96. The van der Waals surface area contributed by atoms with Crippen LogP contribution in [0.1, 0.15) is 44.2 Å². The third-order valence-electron chi connectivity index (χ3n) is 7.19. The van der Waals surface area contributed by atoms with Gasteiger partial charge in [-0.15, -0.1) is 0 Å². The molecule has 0 radical (unpaired) electrons. The molecule has 5 heteroatoms. The molecule has 0 spiro atoms. The lowest BCUT2D eigenvalue weighted by molar-refractivity contribution is -0.122. The Hall–Kier alpha value is -3.31. The van der Waals surface area contributed by atoms with Gasteiger partial charge < -0.3 is 15.6 Å². The minimum Gasteiger partial charge on any atom is -0.508 e. The van der Waals surface area contributed by atoms with Gasteiger partial charge in [0.2, 0.25) is 5.91 Å². The first-order chi connectivity index (χ1) is 16.3. The van der Waals surface area contributed by atoms with Crippen LogP contribution >= 0.6 is 0 Å². The van der Waals surface area contributed by atoms with Crippen LogP contribution in [0.5, 0.6) is 11.5 Å². The van der Waals surface area contributed by atoms with Gasteiger partial charge in [-0.1, -0.05) is 66.7 Å². The number of hydrogen-bond donors (Lipinski definition) is 2. The van der Waals surface area contributed by atoms with Gasteiger partial charge in [0, 0.05) is 24.7 Å². The zero-order valence-electron chi connectivity index (χ0n) is 20.0. The molecule has 1 aliphatic rings. The zero-order chi connectivity index (χ0) is 24.2. The highest BCUT2D eigenvalue weighted by molar-refractivity contribution is 5.90. The molecule has 0 saturated carbocycles. The topological polar surface area (TPSA) is 75.8 Å². The van der Waals surface area contributed by atoms with Crippen LogP contribution < -0.4 is 10.5 Å². The van der Waals surface area contributed by atoms with E-state index >= 15 is 0 Å². The summed E-state index contributed by atoms with van der Waals surface area (Å²) in [5.74, 6) is 0.565. The minimum atomic E-state index is -0.892. The molecule has 1 amide bonds. The van der Waals surface area contributed by atoms with Crippen molar-refractivity contribution in [2.75, 3.05) is 13.1 Å². The zero-order valence-corrected chi connectivity index (χ0v) is 20.0. The maximum Gasteiger partial charge on any atom is 0.232 e. The number of benzene rings is 3. The van der Waals surface area contributed by atoms with Gasteiger partial charge in [0.05, 0.1) is 5.41 Å². The number of aromatic hydroxyl groups is 1. The number of phenols is 1. The van der Waals surface area contributed by atoms with E-state index in [1.807, 2.05) is 66.7 Å². The maximum atomic E-state index is 13.1. The number of hydrogen-bond acceptors (Lipinski definition) is 4. The number of likely N-dealkylation sites (tertiary alicyclic amines) is 1. The lowest BCUT2D eigenvalue weighted by Gasteiger charge is -2.40. The molecule has 5 nitrogen and oxygen atoms in total. The fraction of sp³-hybridized carbons (Fsp3) is 0.345.